The number of aromatic amines is 1. The van der Waals surface area contributed by atoms with Gasteiger partial charge >= 0.3 is 0 Å². The fourth-order valence-corrected chi connectivity index (χ4v) is 8.29. The third-order valence-corrected chi connectivity index (χ3v) is 9.52. The number of fused-ring (bicyclic) bond motifs is 5. The van der Waals surface area contributed by atoms with Crippen LogP contribution < -0.4 is 0 Å². The Kier molecular flexibility index (Phi) is 4.50. The third-order valence-electron chi connectivity index (χ3n) is 9.52. The van der Waals surface area contributed by atoms with Crippen LogP contribution in [0.25, 0.3) is 0 Å². The maximum atomic E-state index is 13.1. The van der Waals surface area contributed by atoms with Crippen LogP contribution in [0.2, 0.25) is 0 Å². The number of carbonyl (C=O) groups excluding carboxylic acids is 1. The van der Waals surface area contributed by atoms with Crippen molar-refractivity contribution in [2.45, 2.75) is 83.7 Å². The van der Waals surface area contributed by atoms with Crippen molar-refractivity contribution >= 4 is 5.78 Å². The predicted molar refractivity (Wildman–Crippen MR) is 109 cm³/mol. The van der Waals surface area contributed by atoms with Gasteiger partial charge in [-0.15, -0.1) is 0 Å². The van der Waals surface area contributed by atoms with Crippen LogP contribution in [0, 0.1) is 40.9 Å². The van der Waals surface area contributed by atoms with Crippen molar-refractivity contribution in [1.29, 1.82) is 0 Å². The Hall–Kier alpha value is -1.16. The van der Waals surface area contributed by atoms with E-state index in [2.05, 4.69) is 16.9 Å². The minimum atomic E-state index is -0.437. The lowest BCUT2D eigenvalue weighted by atomic mass is 9.49. The molecule has 0 radical (unpaired) electrons. The van der Waals surface area contributed by atoms with Crippen molar-refractivity contribution in [3.63, 3.8) is 0 Å². The number of Topliss-reactive ketones (excluding diaryl/α,β-unsaturated/α-hetero) is 1. The van der Waals surface area contributed by atoms with E-state index in [1.165, 1.54) is 38.5 Å². The molecule has 5 rings (SSSR count). The second-order valence-corrected chi connectivity index (χ2v) is 11.0. The second kappa shape index (κ2) is 6.68. The van der Waals surface area contributed by atoms with E-state index in [9.17, 15) is 9.90 Å². The number of imidazole rings is 1. The number of hydrogen-bond donors (Lipinski definition) is 2. The molecule has 2 N–H and O–H groups in total. The summed E-state index contributed by atoms with van der Waals surface area (Å²) in [5.41, 5.74) is -0.244. The zero-order chi connectivity index (χ0) is 19.5. The van der Waals surface area contributed by atoms with Gasteiger partial charge in [-0.1, -0.05) is 6.92 Å². The molecule has 0 saturated heterocycles. The predicted octanol–water partition coefficient (Wildman–Crippen LogP) is 4.54. The Morgan fingerprint density at radius 1 is 1.11 bits per heavy atom. The molecule has 4 aliphatic rings. The lowest BCUT2D eigenvalue weighted by Gasteiger charge is -2.56. The summed E-state index contributed by atoms with van der Waals surface area (Å²) in [4.78, 5) is 20.5. The maximum absolute atomic E-state index is 13.1. The molecule has 1 heterocycles. The molecule has 0 bridgehead atoms. The second-order valence-electron chi connectivity index (χ2n) is 11.0. The molecule has 28 heavy (non-hydrogen) atoms. The lowest BCUT2D eigenvalue weighted by Crippen LogP contribution is -2.51. The Balaban J connectivity index is 1.32. The number of aliphatic hydroxyl groups is 1. The van der Waals surface area contributed by atoms with Crippen molar-refractivity contribution in [1.82, 2.24) is 9.97 Å². The molecule has 4 nitrogen and oxygen atoms in total. The van der Waals surface area contributed by atoms with Gasteiger partial charge in [0.05, 0.1) is 12.0 Å². The molecule has 4 saturated carbocycles. The molecule has 1 aromatic heterocycles. The number of aromatic nitrogens is 2. The van der Waals surface area contributed by atoms with Gasteiger partial charge in [0.1, 0.15) is 11.6 Å². The number of carbonyl (C=O) groups is 1. The first-order valence-electron chi connectivity index (χ1n) is 11.6. The molecule has 0 amide bonds. The molecule has 8 atom stereocenters. The van der Waals surface area contributed by atoms with Gasteiger partial charge in [0, 0.05) is 18.3 Å². The molecular weight excluding hydrogens is 348 g/mol. The van der Waals surface area contributed by atoms with Crippen molar-refractivity contribution in [3.8, 4) is 0 Å². The minimum absolute atomic E-state index is 0.192. The van der Waals surface area contributed by atoms with Crippen molar-refractivity contribution < 1.29 is 9.90 Å². The molecular formula is C24H36N2O2. The van der Waals surface area contributed by atoms with Crippen LogP contribution in [0.15, 0.2) is 12.4 Å². The Bertz CT molecular complexity index is 727. The number of ketones is 1. The molecule has 4 fully saturated rings. The van der Waals surface area contributed by atoms with Crippen LogP contribution in [0.1, 0.15) is 77.5 Å². The summed E-state index contributed by atoms with van der Waals surface area (Å²) < 4.78 is 0. The summed E-state index contributed by atoms with van der Waals surface area (Å²) in [5, 5.41) is 10.6. The summed E-state index contributed by atoms with van der Waals surface area (Å²) in [6.45, 7) is 4.47. The van der Waals surface area contributed by atoms with Gasteiger partial charge in [0.25, 0.3) is 0 Å². The first-order valence-corrected chi connectivity index (χ1v) is 11.6. The van der Waals surface area contributed by atoms with Gasteiger partial charge in [-0.3, -0.25) is 4.79 Å². The van der Waals surface area contributed by atoms with E-state index < -0.39 is 5.60 Å². The fourth-order valence-electron chi connectivity index (χ4n) is 8.29. The number of H-pyrrole nitrogens is 1. The Labute approximate surface area is 168 Å². The van der Waals surface area contributed by atoms with Crippen molar-refractivity contribution in [3.05, 3.63) is 18.2 Å². The van der Waals surface area contributed by atoms with Crippen LogP contribution in [0.4, 0.5) is 0 Å². The smallest absolute Gasteiger partial charge is 0.144 e. The Morgan fingerprint density at radius 3 is 2.71 bits per heavy atom. The van der Waals surface area contributed by atoms with E-state index in [4.69, 9.17) is 0 Å². The van der Waals surface area contributed by atoms with Crippen LogP contribution in [0.3, 0.4) is 0 Å². The molecule has 0 unspecified atom stereocenters. The molecule has 0 spiro atoms. The molecule has 4 aliphatic carbocycles. The highest BCUT2D eigenvalue weighted by Gasteiger charge is 2.58. The first-order chi connectivity index (χ1) is 13.4. The van der Waals surface area contributed by atoms with E-state index in [1.807, 2.05) is 13.1 Å². The highest BCUT2D eigenvalue weighted by molar-refractivity contribution is 5.83. The summed E-state index contributed by atoms with van der Waals surface area (Å²) in [6, 6.07) is 0. The number of nitrogens with one attached hydrogen (secondary N) is 1. The van der Waals surface area contributed by atoms with Gasteiger partial charge in [0.2, 0.25) is 0 Å². The summed E-state index contributed by atoms with van der Waals surface area (Å²) >= 11 is 0. The van der Waals surface area contributed by atoms with E-state index in [0.717, 1.165) is 54.7 Å². The third kappa shape index (κ3) is 2.98. The molecule has 4 heteroatoms. The molecule has 0 aliphatic heterocycles. The molecule has 154 valence electrons. The van der Waals surface area contributed by atoms with E-state index in [0.29, 0.717) is 12.2 Å². The van der Waals surface area contributed by atoms with Gasteiger partial charge in [0.15, 0.2) is 0 Å². The largest absolute Gasteiger partial charge is 0.390 e. The zero-order valence-electron chi connectivity index (χ0n) is 17.5. The molecule has 1 aromatic rings. The summed E-state index contributed by atoms with van der Waals surface area (Å²) in [5.74, 6) is 5.36. The number of hydrogen-bond acceptors (Lipinski definition) is 3. The highest BCUT2D eigenvalue weighted by atomic mass is 16.3. The van der Waals surface area contributed by atoms with Gasteiger partial charge in [-0.25, -0.2) is 4.98 Å². The van der Waals surface area contributed by atoms with Gasteiger partial charge in [-0.2, -0.15) is 0 Å². The van der Waals surface area contributed by atoms with Crippen LogP contribution >= 0.6 is 0 Å². The first kappa shape index (κ1) is 18.8. The standard InChI is InChI=1S/C24H36N2O2/c1-23(28)9-7-16-15(14-23)3-4-18-17(16)8-10-24(2)19(18)5-6-20(24)21(27)13-22-25-11-12-26-22/h11-12,15-20,28H,3-10,13-14H2,1-2H3,(H,25,26)/t15-,16+,17-,18-,19+,20-,23-,24+/m1/s1. The maximum Gasteiger partial charge on any atom is 0.144 e. The number of nitrogens with zero attached hydrogens (tertiary/aromatic N) is 1. The Morgan fingerprint density at radius 2 is 1.93 bits per heavy atom. The van der Waals surface area contributed by atoms with Gasteiger partial charge < -0.3 is 10.1 Å². The normalized spacial score (nSPS) is 47.8. The minimum Gasteiger partial charge on any atom is -0.390 e. The monoisotopic (exact) mass is 384 g/mol. The van der Waals surface area contributed by atoms with E-state index >= 15 is 0 Å². The lowest BCUT2D eigenvalue weighted by molar-refractivity contribution is -0.131. The average molecular weight is 385 g/mol. The van der Waals surface area contributed by atoms with Crippen molar-refractivity contribution in [2.24, 2.45) is 40.9 Å². The van der Waals surface area contributed by atoms with Crippen LogP contribution in [-0.4, -0.2) is 26.5 Å². The quantitative estimate of drug-likeness (QED) is 0.804. The van der Waals surface area contributed by atoms with E-state index in [1.54, 1.807) is 6.20 Å². The van der Waals surface area contributed by atoms with Crippen molar-refractivity contribution in [2.75, 3.05) is 0 Å². The topological polar surface area (TPSA) is 66.0 Å². The van der Waals surface area contributed by atoms with Crippen LogP contribution in [-0.2, 0) is 11.2 Å². The molecule has 0 aromatic carbocycles. The SMILES string of the molecule is C[C@@]1(O)CC[C@H]2[C@H](CC[C@@H]3[C@@H]2CC[C@]2(C)[C@@H](C(=O)Cc4ncc[nH]4)CC[C@@H]32)C1. The number of rotatable bonds is 3. The highest BCUT2D eigenvalue weighted by Crippen LogP contribution is 2.64. The fraction of sp³-hybridized carbons (Fsp3) is 0.833. The summed E-state index contributed by atoms with van der Waals surface area (Å²) in [7, 11) is 0. The average Bonchev–Trinajstić information content (AvgIpc) is 3.27. The summed E-state index contributed by atoms with van der Waals surface area (Å²) in [6.07, 6.45) is 14.7. The van der Waals surface area contributed by atoms with Gasteiger partial charge in [-0.05, 0) is 99.7 Å². The van der Waals surface area contributed by atoms with E-state index in [-0.39, 0.29) is 11.3 Å². The zero-order valence-corrected chi connectivity index (χ0v) is 17.5. The van der Waals surface area contributed by atoms with Crippen LogP contribution in [0.5, 0.6) is 0 Å².